The van der Waals surface area contributed by atoms with E-state index in [0.29, 0.717) is 36.0 Å². The Morgan fingerprint density at radius 2 is 2.15 bits per heavy atom. The van der Waals surface area contributed by atoms with Gasteiger partial charge in [-0.25, -0.2) is 8.42 Å². The van der Waals surface area contributed by atoms with E-state index in [4.69, 9.17) is 16.3 Å². The van der Waals surface area contributed by atoms with Crippen molar-refractivity contribution in [2.75, 3.05) is 26.7 Å². The number of rotatable bonds is 3. The smallest absolute Gasteiger partial charge is 0.243 e. The first-order chi connectivity index (χ1) is 9.36. The molecule has 1 fully saturated rings. The molecule has 20 heavy (non-hydrogen) atoms. The number of nitrogens with one attached hydrogen (secondary N) is 1. The molecule has 0 radical (unpaired) electrons. The summed E-state index contributed by atoms with van der Waals surface area (Å²) in [6.45, 7) is 5.30. The maximum atomic E-state index is 12.7. The lowest BCUT2D eigenvalue weighted by Gasteiger charge is -2.31. The Morgan fingerprint density at radius 3 is 2.75 bits per heavy atom. The summed E-state index contributed by atoms with van der Waals surface area (Å²) in [5.74, 6) is 0.483. The van der Waals surface area contributed by atoms with Gasteiger partial charge in [0.1, 0.15) is 5.75 Å². The number of methoxy groups -OCH3 is 1. The third kappa shape index (κ3) is 2.93. The third-order valence-corrected chi connectivity index (χ3v) is 5.70. The van der Waals surface area contributed by atoms with Gasteiger partial charge in [-0.1, -0.05) is 11.6 Å². The standard InChI is InChI=1S/C13H19ClN2O3S/c1-9-6-12(19-3)11(14)7-13(9)20(17,18)16-5-4-15-10(2)8-16/h6-7,10,15H,4-5,8H2,1-3H3. The fourth-order valence-corrected chi connectivity index (χ4v) is 4.39. The van der Waals surface area contributed by atoms with Crippen LogP contribution in [0, 0.1) is 6.92 Å². The predicted octanol–water partition coefficient (Wildman–Crippen LogP) is 1.64. The quantitative estimate of drug-likeness (QED) is 0.920. The third-order valence-electron chi connectivity index (χ3n) is 3.40. The molecule has 1 aliphatic heterocycles. The van der Waals surface area contributed by atoms with E-state index in [-0.39, 0.29) is 10.9 Å². The molecule has 5 nitrogen and oxygen atoms in total. The molecule has 0 spiro atoms. The molecule has 1 unspecified atom stereocenters. The van der Waals surface area contributed by atoms with Crippen molar-refractivity contribution in [1.29, 1.82) is 0 Å². The van der Waals surface area contributed by atoms with Crippen molar-refractivity contribution in [2.45, 2.75) is 24.8 Å². The molecule has 0 saturated carbocycles. The van der Waals surface area contributed by atoms with Gasteiger partial charge in [-0.2, -0.15) is 4.31 Å². The molecule has 112 valence electrons. The minimum absolute atomic E-state index is 0.146. The second-order valence-electron chi connectivity index (χ2n) is 4.97. The first kappa shape index (κ1) is 15.6. The molecule has 0 aliphatic carbocycles. The van der Waals surface area contributed by atoms with Crippen LogP contribution in [0.15, 0.2) is 17.0 Å². The fourth-order valence-electron chi connectivity index (χ4n) is 2.33. The number of halogens is 1. The zero-order chi connectivity index (χ0) is 14.9. The van der Waals surface area contributed by atoms with Gasteiger partial charge in [0.15, 0.2) is 0 Å². The van der Waals surface area contributed by atoms with Crippen molar-refractivity contribution in [1.82, 2.24) is 9.62 Å². The Labute approximate surface area is 124 Å². The van der Waals surface area contributed by atoms with Crippen LogP contribution in [0.3, 0.4) is 0 Å². The molecule has 1 saturated heterocycles. The lowest BCUT2D eigenvalue weighted by Crippen LogP contribution is -2.51. The second-order valence-corrected chi connectivity index (χ2v) is 7.28. The number of piperazine rings is 1. The van der Waals surface area contributed by atoms with Crippen LogP contribution in [-0.4, -0.2) is 45.5 Å². The fraction of sp³-hybridized carbons (Fsp3) is 0.538. The van der Waals surface area contributed by atoms with Gasteiger partial charge in [0.25, 0.3) is 0 Å². The van der Waals surface area contributed by atoms with E-state index < -0.39 is 10.0 Å². The first-order valence-corrected chi connectivity index (χ1v) is 8.25. The number of benzene rings is 1. The molecule has 0 amide bonds. The molecule has 0 aromatic heterocycles. The Kier molecular flexibility index (Phi) is 4.59. The van der Waals surface area contributed by atoms with Crippen LogP contribution in [0.2, 0.25) is 5.02 Å². The van der Waals surface area contributed by atoms with Gasteiger partial charge < -0.3 is 10.1 Å². The van der Waals surface area contributed by atoms with Crippen LogP contribution in [-0.2, 0) is 10.0 Å². The summed E-state index contributed by atoms with van der Waals surface area (Å²) in [6, 6.07) is 3.27. The number of hydrogen-bond acceptors (Lipinski definition) is 4. The number of aryl methyl sites for hydroxylation is 1. The van der Waals surface area contributed by atoms with Crippen molar-refractivity contribution in [3.05, 3.63) is 22.7 Å². The first-order valence-electron chi connectivity index (χ1n) is 6.44. The van der Waals surface area contributed by atoms with Crippen molar-refractivity contribution in [3.8, 4) is 5.75 Å². The van der Waals surface area contributed by atoms with Crippen molar-refractivity contribution < 1.29 is 13.2 Å². The highest BCUT2D eigenvalue weighted by atomic mass is 35.5. The summed E-state index contributed by atoms with van der Waals surface area (Å²) >= 11 is 6.05. The van der Waals surface area contributed by atoms with Crippen LogP contribution < -0.4 is 10.1 Å². The molecular formula is C13H19ClN2O3S. The summed E-state index contributed by atoms with van der Waals surface area (Å²) in [6.07, 6.45) is 0. The SMILES string of the molecule is COc1cc(C)c(S(=O)(=O)N2CCNC(C)C2)cc1Cl. The number of sulfonamides is 1. The van der Waals surface area contributed by atoms with E-state index in [1.165, 1.54) is 17.5 Å². The van der Waals surface area contributed by atoms with Crippen molar-refractivity contribution in [2.24, 2.45) is 0 Å². The van der Waals surface area contributed by atoms with E-state index in [0.717, 1.165) is 0 Å². The van der Waals surface area contributed by atoms with E-state index in [9.17, 15) is 8.42 Å². The maximum Gasteiger partial charge on any atom is 0.243 e. The molecule has 7 heteroatoms. The van der Waals surface area contributed by atoms with E-state index in [2.05, 4.69) is 5.32 Å². The van der Waals surface area contributed by atoms with Gasteiger partial charge in [0.05, 0.1) is 17.0 Å². The molecule has 1 aliphatic rings. The highest BCUT2D eigenvalue weighted by molar-refractivity contribution is 7.89. The van der Waals surface area contributed by atoms with E-state index in [1.54, 1.807) is 13.0 Å². The highest BCUT2D eigenvalue weighted by Crippen LogP contribution is 2.31. The Hall–Kier alpha value is -0.820. The molecule has 2 rings (SSSR count). The van der Waals surface area contributed by atoms with Crippen LogP contribution in [0.25, 0.3) is 0 Å². The number of nitrogens with zero attached hydrogens (tertiary/aromatic N) is 1. The summed E-state index contributed by atoms with van der Waals surface area (Å²) in [5.41, 5.74) is 0.637. The summed E-state index contributed by atoms with van der Waals surface area (Å²) < 4.78 is 32.0. The summed E-state index contributed by atoms with van der Waals surface area (Å²) in [5, 5.41) is 3.53. The zero-order valence-corrected chi connectivity index (χ0v) is 13.4. The van der Waals surface area contributed by atoms with E-state index >= 15 is 0 Å². The predicted molar refractivity (Wildman–Crippen MR) is 79.0 cm³/mol. The highest BCUT2D eigenvalue weighted by Gasteiger charge is 2.30. The minimum atomic E-state index is -3.52. The monoisotopic (exact) mass is 318 g/mol. The van der Waals surface area contributed by atoms with Crippen molar-refractivity contribution in [3.63, 3.8) is 0 Å². The lowest BCUT2D eigenvalue weighted by atomic mass is 10.2. The van der Waals surface area contributed by atoms with Gasteiger partial charge in [-0.3, -0.25) is 0 Å². The van der Waals surface area contributed by atoms with Gasteiger partial charge in [-0.05, 0) is 31.5 Å². The topological polar surface area (TPSA) is 58.6 Å². The van der Waals surface area contributed by atoms with Crippen LogP contribution in [0.5, 0.6) is 5.75 Å². The Bertz CT molecular complexity index is 604. The van der Waals surface area contributed by atoms with Crippen LogP contribution >= 0.6 is 11.6 Å². The molecule has 1 heterocycles. The van der Waals surface area contributed by atoms with Gasteiger partial charge in [0.2, 0.25) is 10.0 Å². The minimum Gasteiger partial charge on any atom is -0.495 e. The van der Waals surface area contributed by atoms with Crippen LogP contribution in [0.4, 0.5) is 0 Å². The molecule has 1 aromatic carbocycles. The van der Waals surface area contributed by atoms with Crippen molar-refractivity contribution >= 4 is 21.6 Å². The normalized spacial score (nSPS) is 20.9. The average Bonchev–Trinajstić information content (AvgIpc) is 2.40. The largest absolute Gasteiger partial charge is 0.495 e. The Morgan fingerprint density at radius 1 is 1.45 bits per heavy atom. The average molecular weight is 319 g/mol. The molecular weight excluding hydrogens is 300 g/mol. The summed E-state index contributed by atoms with van der Waals surface area (Å²) in [4.78, 5) is 0.248. The number of ether oxygens (including phenoxy) is 1. The molecule has 1 aromatic rings. The van der Waals surface area contributed by atoms with E-state index in [1.807, 2.05) is 6.92 Å². The van der Waals surface area contributed by atoms with Gasteiger partial charge in [0, 0.05) is 25.7 Å². The maximum absolute atomic E-state index is 12.7. The molecule has 1 N–H and O–H groups in total. The van der Waals surface area contributed by atoms with Gasteiger partial charge >= 0.3 is 0 Å². The second kappa shape index (κ2) is 5.89. The molecule has 0 bridgehead atoms. The lowest BCUT2D eigenvalue weighted by molar-refractivity contribution is 0.310. The van der Waals surface area contributed by atoms with Gasteiger partial charge in [-0.15, -0.1) is 0 Å². The Balaban J connectivity index is 2.41. The summed E-state index contributed by atoms with van der Waals surface area (Å²) in [7, 11) is -2.01. The zero-order valence-electron chi connectivity index (χ0n) is 11.8. The molecule has 1 atom stereocenters. The van der Waals surface area contributed by atoms with Crippen LogP contribution in [0.1, 0.15) is 12.5 Å². The number of hydrogen-bond donors (Lipinski definition) is 1.